The Morgan fingerprint density at radius 2 is 1.36 bits per heavy atom. The Morgan fingerprint density at radius 3 is 1.91 bits per heavy atom. The van der Waals surface area contributed by atoms with Gasteiger partial charge in [0.2, 0.25) is 0 Å². The number of rotatable bonds is 6. The standard InChI is InChI=1S/C21H33N/c1-2-18-7-9-20(10-8-18)15-16-21-13-11-19(12-14-21)6-4-3-5-17-22/h3-6,18-21H,2,7-16H2,1H3/b5-3+,6-4+/t18-,19-,20-,21-. The van der Waals surface area contributed by atoms with Crippen molar-refractivity contribution in [3.05, 3.63) is 24.3 Å². The molecule has 0 N–H and O–H groups in total. The van der Waals surface area contributed by atoms with Gasteiger partial charge in [0, 0.05) is 6.08 Å². The van der Waals surface area contributed by atoms with Crippen LogP contribution in [0.5, 0.6) is 0 Å². The van der Waals surface area contributed by atoms with E-state index < -0.39 is 0 Å². The maximum absolute atomic E-state index is 8.46. The SMILES string of the molecule is CC[C@H]1CC[C@H](CC[C@H]2CC[C@H](/C=C/C=C/C#N)CC2)CC1. The van der Waals surface area contributed by atoms with E-state index in [1.54, 1.807) is 6.08 Å². The minimum Gasteiger partial charge on any atom is -0.193 e. The normalized spacial score (nSPS) is 33.3. The van der Waals surface area contributed by atoms with Gasteiger partial charge in [-0.1, -0.05) is 70.1 Å². The number of hydrogen-bond donors (Lipinski definition) is 0. The van der Waals surface area contributed by atoms with E-state index in [-0.39, 0.29) is 0 Å². The molecule has 0 atom stereocenters. The highest BCUT2D eigenvalue weighted by Gasteiger charge is 2.23. The summed E-state index contributed by atoms with van der Waals surface area (Å²) in [5, 5.41) is 8.46. The van der Waals surface area contributed by atoms with Crippen molar-refractivity contribution in [1.29, 1.82) is 5.26 Å². The molecule has 0 amide bonds. The van der Waals surface area contributed by atoms with E-state index in [1.807, 2.05) is 12.1 Å². The molecular weight excluding hydrogens is 266 g/mol. The summed E-state index contributed by atoms with van der Waals surface area (Å²) in [5.74, 6) is 3.81. The monoisotopic (exact) mass is 299 g/mol. The first-order valence-corrected chi connectivity index (χ1v) is 9.54. The van der Waals surface area contributed by atoms with Crippen LogP contribution in [-0.4, -0.2) is 0 Å². The zero-order valence-electron chi connectivity index (χ0n) is 14.3. The second-order valence-electron chi connectivity index (χ2n) is 7.53. The van der Waals surface area contributed by atoms with Crippen LogP contribution in [0.1, 0.15) is 77.6 Å². The zero-order valence-corrected chi connectivity index (χ0v) is 14.3. The van der Waals surface area contributed by atoms with E-state index in [2.05, 4.69) is 19.1 Å². The summed E-state index contributed by atoms with van der Waals surface area (Å²) in [6.07, 6.45) is 23.7. The Hall–Kier alpha value is -1.03. The smallest absolute Gasteiger partial charge is 0.0912 e. The first kappa shape index (κ1) is 17.3. The van der Waals surface area contributed by atoms with E-state index >= 15 is 0 Å². The van der Waals surface area contributed by atoms with Gasteiger partial charge in [-0.15, -0.1) is 0 Å². The lowest BCUT2D eigenvalue weighted by Gasteiger charge is -2.31. The molecule has 1 heteroatoms. The van der Waals surface area contributed by atoms with Crippen LogP contribution in [0.25, 0.3) is 0 Å². The van der Waals surface area contributed by atoms with Crippen LogP contribution in [0.3, 0.4) is 0 Å². The van der Waals surface area contributed by atoms with Crippen LogP contribution in [0.2, 0.25) is 0 Å². The molecule has 0 aromatic rings. The number of hydrogen-bond acceptors (Lipinski definition) is 1. The number of nitriles is 1. The molecule has 1 nitrogen and oxygen atoms in total. The van der Waals surface area contributed by atoms with Crippen molar-refractivity contribution in [3.8, 4) is 6.07 Å². The van der Waals surface area contributed by atoms with E-state index in [9.17, 15) is 0 Å². The fourth-order valence-corrected chi connectivity index (χ4v) is 4.39. The molecule has 0 saturated heterocycles. The Morgan fingerprint density at radius 1 is 0.818 bits per heavy atom. The summed E-state index contributed by atoms with van der Waals surface area (Å²) in [5.41, 5.74) is 0. The second kappa shape index (κ2) is 9.88. The average Bonchev–Trinajstić information content (AvgIpc) is 2.58. The molecule has 0 radical (unpaired) electrons. The third-order valence-electron chi connectivity index (χ3n) is 6.08. The lowest BCUT2D eigenvalue weighted by atomic mass is 9.75. The summed E-state index contributed by atoms with van der Waals surface area (Å²) in [6, 6.07) is 2.03. The second-order valence-corrected chi connectivity index (χ2v) is 7.53. The van der Waals surface area contributed by atoms with Crippen molar-refractivity contribution in [2.45, 2.75) is 77.6 Å². The molecule has 0 bridgehead atoms. The molecule has 2 aliphatic carbocycles. The molecule has 0 aromatic heterocycles. The van der Waals surface area contributed by atoms with Crippen molar-refractivity contribution in [3.63, 3.8) is 0 Å². The van der Waals surface area contributed by atoms with Crippen molar-refractivity contribution in [2.75, 3.05) is 0 Å². The van der Waals surface area contributed by atoms with Gasteiger partial charge in [-0.2, -0.15) is 5.26 Å². The van der Waals surface area contributed by atoms with Gasteiger partial charge >= 0.3 is 0 Å². The minimum absolute atomic E-state index is 0.750. The summed E-state index contributed by atoms with van der Waals surface area (Å²) in [4.78, 5) is 0. The predicted molar refractivity (Wildman–Crippen MR) is 94.3 cm³/mol. The topological polar surface area (TPSA) is 23.8 Å². The Kier molecular flexibility index (Phi) is 7.78. The Bertz CT molecular complexity index is 385. The lowest BCUT2D eigenvalue weighted by molar-refractivity contribution is 0.224. The van der Waals surface area contributed by atoms with E-state index in [0.717, 1.165) is 23.7 Å². The van der Waals surface area contributed by atoms with E-state index in [1.165, 1.54) is 70.6 Å². The lowest BCUT2D eigenvalue weighted by Crippen LogP contribution is -2.17. The van der Waals surface area contributed by atoms with Gasteiger partial charge in [-0.3, -0.25) is 0 Å². The first-order valence-electron chi connectivity index (χ1n) is 9.54. The van der Waals surface area contributed by atoms with Crippen molar-refractivity contribution in [1.82, 2.24) is 0 Å². The van der Waals surface area contributed by atoms with Crippen LogP contribution in [0, 0.1) is 35.0 Å². The van der Waals surface area contributed by atoms with Crippen LogP contribution in [0.15, 0.2) is 24.3 Å². The quantitative estimate of drug-likeness (QED) is 0.410. The maximum atomic E-state index is 8.46. The average molecular weight is 300 g/mol. The molecule has 0 unspecified atom stereocenters. The fraction of sp³-hybridized carbons (Fsp3) is 0.762. The largest absolute Gasteiger partial charge is 0.193 e. The first-order chi connectivity index (χ1) is 10.8. The van der Waals surface area contributed by atoms with Crippen LogP contribution in [-0.2, 0) is 0 Å². The summed E-state index contributed by atoms with van der Waals surface area (Å²) >= 11 is 0. The van der Waals surface area contributed by atoms with Gasteiger partial charge in [-0.05, 0) is 49.4 Å². The van der Waals surface area contributed by atoms with Crippen molar-refractivity contribution < 1.29 is 0 Å². The van der Waals surface area contributed by atoms with Crippen LogP contribution >= 0.6 is 0 Å². The van der Waals surface area contributed by atoms with Crippen molar-refractivity contribution in [2.24, 2.45) is 23.7 Å². The minimum atomic E-state index is 0.750. The molecule has 2 rings (SSSR count). The zero-order chi connectivity index (χ0) is 15.6. The molecular formula is C21H33N. The third kappa shape index (κ3) is 5.99. The summed E-state index contributed by atoms with van der Waals surface area (Å²) < 4.78 is 0. The van der Waals surface area contributed by atoms with Gasteiger partial charge < -0.3 is 0 Å². The molecule has 2 aliphatic rings. The Balaban J connectivity index is 1.59. The maximum Gasteiger partial charge on any atom is 0.0912 e. The predicted octanol–water partition coefficient (Wildman–Crippen LogP) is 6.43. The van der Waals surface area contributed by atoms with E-state index in [4.69, 9.17) is 5.26 Å². The highest BCUT2D eigenvalue weighted by atomic mass is 14.3. The number of nitrogens with zero attached hydrogens (tertiary/aromatic N) is 1. The molecule has 0 aliphatic heterocycles. The summed E-state index contributed by atoms with van der Waals surface area (Å²) in [7, 11) is 0. The van der Waals surface area contributed by atoms with E-state index in [0.29, 0.717) is 0 Å². The highest BCUT2D eigenvalue weighted by molar-refractivity contribution is 5.12. The van der Waals surface area contributed by atoms with Crippen molar-refractivity contribution >= 4 is 0 Å². The molecule has 122 valence electrons. The number of allylic oxidation sites excluding steroid dienone is 4. The van der Waals surface area contributed by atoms with Gasteiger partial charge in [-0.25, -0.2) is 0 Å². The molecule has 0 spiro atoms. The van der Waals surface area contributed by atoms with Gasteiger partial charge in [0.1, 0.15) is 0 Å². The van der Waals surface area contributed by atoms with Gasteiger partial charge in [0.25, 0.3) is 0 Å². The Labute approximate surface area is 137 Å². The molecule has 22 heavy (non-hydrogen) atoms. The molecule has 2 fully saturated rings. The molecule has 0 heterocycles. The molecule has 2 saturated carbocycles. The van der Waals surface area contributed by atoms with Gasteiger partial charge in [0.15, 0.2) is 0 Å². The van der Waals surface area contributed by atoms with Crippen LogP contribution < -0.4 is 0 Å². The van der Waals surface area contributed by atoms with Crippen LogP contribution in [0.4, 0.5) is 0 Å². The fourth-order valence-electron chi connectivity index (χ4n) is 4.39. The van der Waals surface area contributed by atoms with Gasteiger partial charge in [0.05, 0.1) is 6.07 Å². The summed E-state index contributed by atoms with van der Waals surface area (Å²) in [6.45, 7) is 2.36. The molecule has 0 aromatic carbocycles. The third-order valence-corrected chi connectivity index (χ3v) is 6.08. The highest BCUT2D eigenvalue weighted by Crippen LogP contribution is 2.37.